The van der Waals surface area contributed by atoms with Crippen molar-refractivity contribution in [2.24, 2.45) is 5.41 Å². The minimum Gasteiger partial charge on any atom is -0.481 e. The molecule has 0 aromatic rings. The highest BCUT2D eigenvalue weighted by atomic mass is 32.2. The largest absolute Gasteiger partial charge is 0.481 e. The second-order valence-corrected chi connectivity index (χ2v) is 8.23. The van der Waals surface area contributed by atoms with Crippen LogP contribution in [0.15, 0.2) is 0 Å². The molecule has 0 radical (unpaired) electrons. The molecular formula is C13H22N2O5S. The second kappa shape index (κ2) is 5.82. The van der Waals surface area contributed by atoms with Gasteiger partial charge in [0.15, 0.2) is 9.84 Å². The third-order valence-electron chi connectivity index (χ3n) is 4.42. The number of carboxylic acid groups (broad SMARTS) is 1. The number of sulfone groups is 1. The van der Waals surface area contributed by atoms with Gasteiger partial charge in [0.2, 0.25) is 0 Å². The van der Waals surface area contributed by atoms with Crippen LogP contribution < -0.4 is 0 Å². The zero-order chi connectivity index (χ0) is 15.7. The summed E-state index contributed by atoms with van der Waals surface area (Å²) in [6, 6.07) is -0.232. The fraction of sp³-hybridized carbons (Fsp3) is 0.846. The van der Waals surface area contributed by atoms with Crippen molar-refractivity contribution in [3.05, 3.63) is 0 Å². The topological polar surface area (TPSA) is 95.0 Å². The van der Waals surface area contributed by atoms with Gasteiger partial charge in [0.25, 0.3) is 0 Å². The maximum absolute atomic E-state index is 12.4. The quantitative estimate of drug-likeness (QED) is 0.813. The molecule has 1 unspecified atom stereocenters. The van der Waals surface area contributed by atoms with Gasteiger partial charge in [0, 0.05) is 26.2 Å². The molecule has 2 rings (SSSR count). The van der Waals surface area contributed by atoms with Crippen LogP contribution in [0.2, 0.25) is 0 Å². The zero-order valence-electron chi connectivity index (χ0n) is 12.2. The summed E-state index contributed by atoms with van der Waals surface area (Å²) in [5.41, 5.74) is -0.841. The van der Waals surface area contributed by atoms with Crippen LogP contribution in [0, 0.1) is 5.41 Å². The van der Waals surface area contributed by atoms with Gasteiger partial charge in [0.1, 0.15) is 0 Å². The minimum atomic E-state index is -3.02. The van der Waals surface area contributed by atoms with Crippen molar-refractivity contribution >= 4 is 21.8 Å². The zero-order valence-corrected chi connectivity index (χ0v) is 13.1. The monoisotopic (exact) mass is 318 g/mol. The van der Waals surface area contributed by atoms with Crippen LogP contribution in [-0.4, -0.2) is 73.0 Å². The number of carbonyl (C=O) groups is 2. The van der Waals surface area contributed by atoms with Crippen LogP contribution in [0.25, 0.3) is 0 Å². The molecule has 2 saturated heterocycles. The molecule has 0 spiro atoms. The van der Waals surface area contributed by atoms with E-state index in [1.54, 1.807) is 4.90 Å². The highest BCUT2D eigenvalue weighted by Gasteiger charge is 2.46. The summed E-state index contributed by atoms with van der Waals surface area (Å²) in [4.78, 5) is 27.0. The first-order valence-corrected chi connectivity index (χ1v) is 9.09. The summed E-state index contributed by atoms with van der Waals surface area (Å²) in [5.74, 6) is -0.863. The number of carbonyl (C=O) groups excluding carboxylic acids is 1. The maximum Gasteiger partial charge on any atom is 0.320 e. The van der Waals surface area contributed by atoms with E-state index in [2.05, 4.69) is 0 Å². The summed E-state index contributed by atoms with van der Waals surface area (Å²) in [5, 5.41) is 9.44. The molecule has 21 heavy (non-hydrogen) atoms. The number of hydrogen-bond donors (Lipinski definition) is 1. The molecule has 0 aliphatic carbocycles. The van der Waals surface area contributed by atoms with E-state index in [0.717, 1.165) is 6.42 Å². The van der Waals surface area contributed by atoms with Crippen molar-refractivity contribution in [2.45, 2.75) is 26.2 Å². The van der Waals surface area contributed by atoms with E-state index >= 15 is 0 Å². The average Bonchev–Trinajstić information content (AvgIpc) is 2.84. The van der Waals surface area contributed by atoms with Gasteiger partial charge in [-0.2, -0.15) is 0 Å². The van der Waals surface area contributed by atoms with E-state index in [1.165, 1.54) is 4.90 Å². The van der Waals surface area contributed by atoms with Gasteiger partial charge in [0.05, 0.1) is 16.9 Å². The van der Waals surface area contributed by atoms with Gasteiger partial charge in [-0.1, -0.05) is 13.3 Å². The first-order chi connectivity index (χ1) is 9.80. The highest BCUT2D eigenvalue weighted by molar-refractivity contribution is 7.91. The van der Waals surface area contributed by atoms with E-state index < -0.39 is 21.2 Å². The lowest BCUT2D eigenvalue weighted by molar-refractivity contribution is -0.148. The van der Waals surface area contributed by atoms with Crippen LogP contribution in [0.5, 0.6) is 0 Å². The predicted octanol–water partition coefficient (Wildman–Crippen LogP) is 0.414. The molecule has 2 amide bonds. The molecule has 0 aromatic carbocycles. The first-order valence-electron chi connectivity index (χ1n) is 7.27. The molecule has 1 atom stereocenters. The Labute approximate surface area is 124 Å². The highest BCUT2D eigenvalue weighted by Crippen LogP contribution is 2.36. The second-order valence-electron chi connectivity index (χ2n) is 5.93. The minimum absolute atomic E-state index is 0.00832. The van der Waals surface area contributed by atoms with Gasteiger partial charge < -0.3 is 14.9 Å². The van der Waals surface area contributed by atoms with Gasteiger partial charge in [-0.15, -0.1) is 0 Å². The number of carboxylic acids is 1. The molecule has 0 bridgehead atoms. The van der Waals surface area contributed by atoms with Crippen molar-refractivity contribution in [1.29, 1.82) is 0 Å². The molecule has 0 aromatic heterocycles. The summed E-state index contributed by atoms with van der Waals surface area (Å²) in [7, 11) is -3.02. The van der Waals surface area contributed by atoms with Crippen LogP contribution in [0.1, 0.15) is 26.2 Å². The number of urea groups is 1. The Bertz CT molecular complexity index is 519. The number of amides is 2. The molecular weight excluding hydrogens is 296 g/mol. The Hall–Kier alpha value is -1.31. The average molecular weight is 318 g/mol. The van der Waals surface area contributed by atoms with Crippen LogP contribution >= 0.6 is 0 Å². The molecule has 1 N–H and O–H groups in total. The number of likely N-dealkylation sites (tertiary alicyclic amines) is 1. The molecule has 2 heterocycles. The van der Waals surface area contributed by atoms with Gasteiger partial charge >= 0.3 is 12.0 Å². The number of aliphatic carboxylic acids is 1. The van der Waals surface area contributed by atoms with Gasteiger partial charge in [-0.3, -0.25) is 4.79 Å². The van der Waals surface area contributed by atoms with E-state index in [0.29, 0.717) is 19.4 Å². The van der Waals surface area contributed by atoms with Crippen LogP contribution in [0.4, 0.5) is 4.79 Å². The summed E-state index contributed by atoms with van der Waals surface area (Å²) in [6.45, 7) is 2.98. The number of rotatable bonds is 3. The molecule has 0 saturated carbocycles. The molecule has 2 aliphatic heterocycles. The number of nitrogens with zero attached hydrogens (tertiary/aromatic N) is 2. The normalized spacial score (nSPS) is 28.6. The molecule has 8 heteroatoms. The Kier molecular flexibility index (Phi) is 4.46. The maximum atomic E-state index is 12.4. The Morgan fingerprint density at radius 1 is 1.14 bits per heavy atom. The van der Waals surface area contributed by atoms with E-state index in [4.69, 9.17) is 0 Å². The van der Waals surface area contributed by atoms with Crippen molar-refractivity contribution in [1.82, 2.24) is 9.80 Å². The SMILES string of the molecule is CCCC1(C(=O)O)CCN(C(=O)N2CCS(=O)(=O)CC2)C1. The summed E-state index contributed by atoms with van der Waals surface area (Å²) in [6.07, 6.45) is 1.78. The van der Waals surface area contributed by atoms with E-state index in [9.17, 15) is 23.1 Å². The standard InChI is InChI=1S/C13H22N2O5S/c1-2-3-13(11(16)17)4-5-15(10-13)12(18)14-6-8-21(19,20)9-7-14/h2-10H2,1H3,(H,16,17). The molecule has 120 valence electrons. The summed E-state index contributed by atoms with van der Waals surface area (Å²) >= 11 is 0. The lowest BCUT2D eigenvalue weighted by Gasteiger charge is -2.31. The molecule has 2 fully saturated rings. The lowest BCUT2D eigenvalue weighted by Crippen LogP contribution is -2.50. The third-order valence-corrected chi connectivity index (χ3v) is 6.03. The van der Waals surface area contributed by atoms with Crippen LogP contribution in [0.3, 0.4) is 0 Å². The molecule has 2 aliphatic rings. The molecule has 7 nitrogen and oxygen atoms in total. The Morgan fingerprint density at radius 3 is 2.29 bits per heavy atom. The smallest absolute Gasteiger partial charge is 0.320 e. The lowest BCUT2D eigenvalue weighted by atomic mass is 9.83. The van der Waals surface area contributed by atoms with Crippen molar-refractivity contribution in [3.63, 3.8) is 0 Å². The van der Waals surface area contributed by atoms with Crippen LogP contribution in [-0.2, 0) is 14.6 Å². The van der Waals surface area contributed by atoms with E-state index in [1.807, 2.05) is 6.92 Å². The van der Waals surface area contributed by atoms with Crippen molar-refractivity contribution < 1.29 is 23.1 Å². The fourth-order valence-electron chi connectivity index (χ4n) is 3.10. The Morgan fingerprint density at radius 2 is 1.76 bits per heavy atom. The van der Waals surface area contributed by atoms with Crippen molar-refractivity contribution in [3.8, 4) is 0 Å². The fourth-order valence-corrected chi connectivity index (χ4v) is 4.30. The van der Waals surface area contributed by atoms with E-state index in [-0.39, 0.29) is 37.2 Å². The third kappa shape index (κ3) is 3.30. The van der Waals surface area contributed by atoms with Gasteiger partial charge in [-0.25, -0.2) is 13.2 Å². The van der Waals surface area contributed by atoms with Crippen molar-refractivity contribution in [2.75, 3.05) is 37.7 Å². The summed E-state index contributed by atoms with van der Waals surface area (Å²) < 4.78 is 22.8. The first kappa shape index (κ1) is 16.1. The Balaban J connectivity index is 2.01. The number of hydrogen-bond acceptors (Lipinski definition) is 4. The van der Waals surface area contributed by atoms with Gasteiger partial charge in [-0.05, 0) is 12.8 Å². The predicted molar refractivity (Wildman–Crippen MR) is 76.8 cm³/mol.